The molecule has 0 N–H and O–H groups in total. The molecule has 0 amide bonds. The molecule has 2 unspecified atom stereocenters. The van der Waals surface area contributed by atoms with Gasteiger partial charge in [-0.2, -0.15) is 0 Å². The number of nitrogens with zero attached hydrogens (tertiary/aromatic N) is 3. The van der Waals surface area contributed by atoms with E-state index in [4.69, 9.17) is 21.4 Å². The van der Waals surface area contributed by atoms with E-state index in [9.17, 15) is 0 Å². The number of unbranched alkanes of at least 4 members (excludes halogenated alkanes) is 4. The van der Waals surface area contributed by atoms with Gasteiger partial charge in [-0.3, -0.25) is 0 Å². The van der Waals surface area contributed by atoms with Crippen LogP contribution in [-0.2, 0) is 6.42 Å². The quantitative estimate of drug-likeness (QED) is 0.0661. The van der Waals surface area contributed by atoms with Crippen molar-refractivity contribution < 1.29 is 0 Å². The Hall–Kier alpha value is -3.84. The number of anilines is 4. The van der Waals surface area contributed by atoms with Crippen molar-refractivity contribution in [2.24, 2.45) is 0 Å². The Balaban J connectivity index is 1.97. The number of rotatable bonds is 22. The van der Waals surface area contributed by atoms with Gasteiger partial charge in [-0.1, -0.05) is 13.3 Å². The fraction of sp³-hybridized carbons (Fsp3) is 0.393. The van der Waals surface area contributed by atoms with Crippen LogP contribution in [0.25, 0.3) is 0 Å². The van der Waals surface area contributed by atoms with Crippen molar-refractivity contribution in [3.8, 4) is 12.3 Å². The van der Waals surface area contributed by atoms with E-state index < -0.39 is 0 Å². The van der Waals surface area contributed by atoms with E-state index in [2.05, 4.69) is 216 Å². The Labute approximate surface area is 507 Å². The Bertz CT molecular complexity index is 3180. The maximum atomic E-state index is 6.12. The van der Waals surface area contributed by atoms with Gasteiger partial charge in [0.1, 0.15) is 0 Å². The van der Waals surface area contributed by atoms with Crippen molar-refractivity contribution in [1.82, 2.24) is 0 Å². The van der Waals surface area contributed by atoms with E-state index in [1.165, 1.54) is 177 Å². The summed E-state index contributed by atoms with van der Waals surface area (Å²) in [6.45, 7) is 14.9. The van der Waals surface area contributed by atoms with Gasteiger partial charge in [-0.15, -0.1) is 6.42 Å². The predicted molar refractivity (Wildman–Crippen MR) is 419 cm³/mol. The molecule has 6 rings (SSSR count). The molecule has 0 fully saturated rings. The van der Waals surface area contributed by atoms with Crippen molar-refractivity contribution >= 4 is 224 Å². The van der Waals surface area contributed by atoms with E-state index >= 15 is 0 Å². The van der Waals surface area contributed by atoms with E-state index in [1.54, 1.807) is 11.0 Å². The summed E-state index contributed by atoms with van der Waals surface area (Å²) in [7, 11) is 52.8. The topological polar surface area (TPSA) is 9.72 Å². The van der Waals surface area contributed by atoms with Crippen LogP contribution in [0, 0.1) is 12.3 Å². The predicted octanol–water partition coefficient (Wildman–Crippen LogP) is -9.54. The van der Waals surface area contributed by atoms with E-state index in [1.807, 2.05) is 0 Å². The van der Waals surface area contributed by atoms with Crippen molar-refractivity contribution in [3.63, 3.8) is 0 Å². The van der Waals surface area contributed by atoms with Crippen molar-refractivity contribution in [2.45, 2.75) is 136 Å². The van der Waals surface area contributed by atoms with Crippen molar-refractivity contribution in [2.75, 3.05) is 21.2 Å². The van der Waals surface area contributed by atoms with E-state index in [0.29, 0.717) is 0 Å². The van der Waals surface area contributed by atoms with Gasteiger partial charge in [0.25, 0.3) is 0 Å². The molecule has 2 aromatic rings. The van der Waals surface area contributed by atoms with Gasteiger partial charge < -0.3 is 0 Å². The standard InChI is InChI=1S/C56H88B21N3/c1-8-13-17-24(6)34(60)43(69)54(55(74)75)80-33-22-26(78(51-46(72)41(67)42(68)47(51)73)23-31(59)40(66)39(65)30(58)12-5)21-32-49(33)77(50(56(80)76)37(63)27(25(7)57)18-14-9-2)48-29(20-16-11-4)38(64)53(48)79(32)52-44(70)35(61)28(19-15-10-3)36(62)45(52)71/h5,21-22,48,51,53,74,76H,8-11,13-20,23,57-73,75H2,1-4,6-7H3/b27-25+,34-24-,39-30-,40-31-,50-37-,54-43-. The minimum atomic E-state index is 0.0689. The normalized spacial score (nSPS) is 19.3. The number of hydrogen-bond acceptors (Lipinski definition) is 3. The summed E-state index contributed by atoms with van der Waals surface area (Å²) < 4.78 is 0. The molecule has 4 aliphatic rings. The molecule has 0 saturated carbocycles. The molecule has 24 heteroatoms. The van der Waals surface area contributed by atoms with Crippen LogP contribution in [0.3, 0.4) is 0 Å². The summed E-state index contributed by atoms with van der Waals surface area (Å²) in [4.78, 5) is 8.33. The fourth-order valence-corrected chi connectivity index (χ4v) is 14.6. The SMILES string of the molecule is B=C(B)/C(=C(B)\C(B)=C(/C)CCCC)N1C(=B)/C(=C(B)\C(CCCC)=C(\B)C)B2c3c1cc(N(C/C(B)=C(B)\C(B)=C(\B)C#C)C1C(B)=C(B)C(B)=C1B)cc3N(c1c(B)c(B)c(CCCC)c(B)c1B)C1C(B)=C(CCCC)C21. The number of allylic oxidation sites excluding steroid dienone is 12. The van der Waals surface area contributed by atoms with Gasteiger partial charge in [-0.25, -0.2) is 0 Å². The van der Waals surface area contributed by atoms with Crippen LogP contribution in [0.5, 0.6) is 0 Å². The number of benzene rings is 2. The summed E-state index contributed by atoms with van der Waals surface area (Å²) in [5, 5.41) is 1.06. The third-order valence-electron chi connectivity index (χ3n) is 20.6. The Morgan fingerprint density at radius 3 is 1.74 bits per heavy atom. The summed E-state index contributed by atoms with van der Waals surface area (Å²) in [6, 6.07) is 5.53. The average Bonchev–Trinajstić information content (AvgIpc) is 3.45. The molecule has 3 nitrogen and oxygen atoms in total. The molecule has 0 radical (unpaired) electrons. The zero-order chi connectivity index (χ0) is 59.7. The summed E-state index contributed by atoms with van der Waals surface area (Å²) in [5.41, 5.74) is 39.6. The first-order valence-corrected chi connectivity index (χ1v) is 31.3. The molecule has 2 aliphatic heterocycles. The molecule has 2 aliphatic carbocycles. The van der Waals surface area contributed by atoms with E-state index in [0.717, 1.165) is 61.5 Å². The second kappa shape index (κ2) is 27.3. The van der Waals surface area contributed by atoms with Gasteiger partial charge in [0.15, 0.2) is 0 Å². The van der Waals surface area contributed by atoms with E-state index in [-0.39, 0.29) is 24.6 Å². The van der Waals surface area contributed by atoms with Crippen LogP contribution in [-0.4, -0.2) is 192 Å². The third-order valence-corrected chi connectivity index (χ3v) is 20.6. The molecule has 0 aromatic heterocycles. The monoisotopic (exact) mass is 1030 g/mol. The van der Waals surface area contributed by atoms with Crippen LogP contribution in [0.15, 0.2) is 111 Å². The molecule has 80 heavy (non-hydrogen) atoms. The molecule has 2 aromatic carbocycles. The fourth-order valence-electron chi connectivity index (χ4n) is 14.6. The first-order chi connectivity index (χ1) is 37.7. The number of hydrogen-bond donors (Lipinski definition) is 0. The van der Waals surface area contributed by atoms with Gasteiger partial charge in [-0.05, 0) is 0 Å². The summed E-state index contributed by atoms with van der Waals surface area (Å²) in [5.74, 6) is 3.25. The van der Waals surface area contributed by atoms with Gasteiger partial charge >= 0.3 is 491 Å². The second-order valence-electron chi connectivity index (χ2n) is 25.6. The van der Waals surface area contributed by atoms with Crippen LogP contribution in [0.4, 0.5) is 22.7 Å². The summed E-state index contributed by atoms with van der Waals surface area (Å²) in [6.07, 6.45) is 19.9. The van der Waals surface area contributed by atoms with Crippen molar-refractivity contribution in [3.05, 3.63) is 117 Å². The molecular formula is C56H88B21N3. The Kier molecular flexibility index (Phi) is 22.3. The first kappa shape index (κ1) is 65.3. The van der Waals surface area contributed by atoms with Crippen LogP contribution < -0.4 is 42.0 Å². The Morgan fingerprint density at radius 1 is 0.675 bits per heavy atom. The molecule has 0 saturated heterocycles. The zero-order valence-electron chi connectivity index (χ0n) is 55.5. The molecule has 2 heterocycles. The number of terminal acetylenes is 1. The van der Waals surface area contributed by atoms with Crippen LogP contribution in [0.1, 0.15) is 118 Å². The molecule has 2 atom stereocenters. The zero-order valence-corrected chi connectivity index (χ0v) is 55.5. The van der Waals surface area contributed by atoms with Crippen LogP contribution in [0.2, 0.25) is 5.82 Å². The van der Waals surface area contributed by atoms with Gasteiger partial charge in [0, 0.05) is 0 Å². The molecule has 390 valence electrons. The first-order valence-electron chi connectivity index (χ1n) is 31.3. The maximum absolute atomic E-state index is 6.12. The summed E-state index contributed by atoms with van der Waals surface area (Å²) >= 11 is 0. The van der Waals surface area contributed by atoms with Crippen LogP contribution >= 0.6 is 0 Å². The van der Waals surface area contributed by atoms with Gasteiger partial charge in [0.2, 0.25) is 0 Å². The second-order valence-corrected chi connectivity index (χ2v) is 25.6. The molecule has 0 bridgehead atoms. The van der Waals surface area contributed by atoms with Gasteiger partial charge in [0.05, 0.1) is 0 Å². The van der Waals surface area contributed by atoms with Crippen molar-refractivity contribution in [1.29, 1.82) is 0 Å². The molecular weight excluding hydrogens is 942 g/mol. The minimum absolute atomic E-state index is 0.0689. The Morgan fingerprint density at radius 2 is 1.21 bits per heavy atom. The number of fused-ring (bicyclic) bond motifs is 2. The molecule has 0 spiro atoms. The third kappa shape index (κ3) is 12.0. The average molecular weight is 1030 g/mol.